The van der Waals surface area contributed by atoms with Gasteiger partial charge in [-0.25, -0.2) is 0 Å². The molecule has 2 amide bonds. The zero-order valence-electron chi connectivity index (χ0n) is 28.3. The van der Waals surface area contributed by atoms with E-state index < -0.39 is 81.8 Å². The van der Waals surface area contributed by atoms with Crippen LogP contribution >= 0.6 is 0 Å². The van der Waals surface area contributed by atoms with E-state index in [2.05, 4.69) is 16.5 Å². The second-order valence-electron chi connectivity index (χ2n) is 12.0. The molecule has 0 radical (unpaired) electrons. The van der Waals surface area contributed by atoms with E-state index >= 15 is 0 Å². The van der Waals surface area contributed by atoms with Crippen molar-refractivity contribution < 1.29 is 47.6 Å². The average molecular weight is 699 g/mol. The highest BCUT2D eigenvalue weighted by Crippen LogP contribution is 2.24. The van der Waals surface area contributed by atoms with Crippen LogP contribution in [0.1, 0.15) is 63.6 Å². The molecule has 13 heteroatoms. The quantitative estimate of drug-likeness (QED) is 0.137. The van der Waals surface area contributed by atoms with Crippen molar-refractivity contribution in [2.24, 2.45) is 17.8 Å². The summed E-state index contributed by atoms with van der Waals surface area (Å²) in [5.74, 6) is -3.72. The molecule has 0 bridgehead atoms. The highest BCUT2D eigenvalue weighted by molar-refractivity contribution is 8.02. The standard InChI is InChI=1S/C36H46N2O10S/c1-6-47-33(43)21-28(17-18-49(4,5)46)37-36(45)29(24(2)3)22-30(39)34(26-15-11-8-12-16-26)38-35(44)27(19-31(40)41)20-32(42)48-23-25-13-9-7-10-14-25/h7-18,24,27-29,34H,4,6,19-23H2,1-3,5H3,(H,37,45)(H,38,44)(H,40,41)/b18-17+/t27-,28-,29+,34+,49?/m1/s1. The fourth-order valence-corrected chi connectivity index (χ4v) is 5.33. The number of amides is 2. The van der Waals surface area contributed by atoms with Crippen LogP contribution in [0.3, 0.4) is 0 Å². The lowest BCUT2D eigenvalue weighted by molar-refractivity contribution is -0.150. The van der Waals surface area contributed by atoms with Crippen molar-refractivity contribution in [3.63, 3.8) is 0 Å². The number of ketones is 1. The number of carbonyl (C=O) groups is 6. The van der Waals surface area contributed by atoms with Gasteiger partial charge in [-0.15, -0.1) is 0 Å². The van der Waals surface area contributed by atoms with E-state index in [-0.39, 0.29) is 32.0 Å². The molecule has 0 aliphatic rings. The van der Waals surface area contributed by atoms with E-state index in [1.165, 1.54) is 17.7 Å². The van der Waals surface area contributed by atoms with Crippen molar-refractivity contribution in [2.75, 3.05) is 12.9 Å². The number of hydrogen-bond acceptors (Lipinski definition) is 9. The molecular formula is C36H46N2O10S. The number of benzene rings is 2. The fraction of sp³-hybridized carbons (Fsp3) is 0.417. The number of ether oxygens (including phenoxy) is 2. The third kappa shape index (κ3) is 15.3. The summed E-state index contributed by atoms with van der Waals surface area (Å²) in [6.45, 7) is 5.18. The molecule has 0 spiro atoms. The maximum absolute atomic E-state index is 13.9. The van der Waals surface area contributed by atoms with Crippen molar-refractivity contribution >= 4 is 50.9 Å². The van der Waals surface area contributed by atoms with Gasteiger partial charge >= 0.3 is 17.9 Å². The van der Waals surface area contributed by atoms with Crippen molar-refractivity contribution in [1.82, 2.24) is 10.6 Å². The summed E-state index contributed by atoms with van der Waals surface area (Å²) in [7, 11) is -2.59. The molecule has 266 valence electrons. The Kier molecular flexibility index (Phi) is 16.4. The van der Waals surface area contributed by atoms with Gasteiger partial charge < -0.3 is 25.2 Å². The molecule has 0 aliphatic heterocycles. The van der Waals surface area contributed by atoms with Gasteiger partial charge in [-0.05, 0) is 44.8 Å². The van der Waals surface area contributed by atoms with Crippen LogP contribution in [-0.2, 0) is 54.4 Å². The van der Waals surface area contributed by atoms with Crippen molar-refractivity contribution in [3.05, 3.63) is 83.3 Å². The minimum atomic E-state index is -2.59. The molecule has 0 saturated heterocycles. The highest BCUT2D eigenvalue weighted by Gasteiger charge is 2.34. The molecule has 2 aromatic carbocycles. The lowest BCUT2D eigenvalue weighted by atomic mass is 9.86. The summed E-state index contributed by atoms with van der Waals surface area (Å²) >= 11 is 0. The predicted molar refractivity (Wildman–Crippen MR) is 185 cm³/mol. The third-order valence-corrected chi connectivity index (χ3v) is 8.10. The predicted octanol–water partition coefficient (Wildman–Crippen LogP) is 3.60. The number of aliphatic carboxylic acids is 1. The second kappa shape index (κ2) is 19.9. The molecule has 0 saturated carbocycles. The van der Waals surface area contributed by atoms with Gasteiger partial charge in [0.25, 0.3) is 0 Å². The van der Waals surface area contributed by atoms with E-state index in [9.17, 15) is 38.1 Å². The van der Waals surface area contributed by atoms with Gasteiger partial charge in [0.15, 0.2) is 5.78 Å². The van der Waals surface area contributed by atoms with Crippen LogP contribution < -0.4 is 10.6 Å². The zero-order valence-corrected chi connectivity index (χ0v) is 29.1. The minimum Gasteiger partial charge on any atom is -0.481 e. The lowest BCUT2D eigenvalue weighted by Crippen LogP contribution is -2.44. The van der Waals surface area contributed by atoms with Gasteiger partial charge in [0, 0.05) is 18.6 Å². The highest BCUT2D eigenvalue weighted by atomic mass is 32.2. The van der Waals surface area contributed by atoms with Gasteiger partial charge in [0.2, 0.25) is 11.8 Å². The number of hydrogen-bond donors (Lipinski definition) is 3. The maximum atomic E-state index is 13.9. The summed E-state index contributed by atoms with van der Waals surface area (Å²) in [6.07, 6.45) is 1.00. The zero-order chi connectivity index (χ0) is 36.6. The molecule has 2 aromatic rings. The molecule has 49 heavy (non-hydrogen) atoms. The number of nitrogens with one attached hydrogen (secondary N) is 2. The molecule has 0 aliphatic carbocycles. The van der Waals surface area contributed by atoms with Gasteiger partial charge in [0.1, 0.15) is 12.6 Å². The van der Waals surface area contributed by atoms with E-state index in [0.29, 0.717) is 11.1 Å². The Balaban J connectivity index is 2.28. The normalized spacial score (nSPS) is 14.9. The lowest BCUT2D eigenvalue weighted by Gasteiger charge is -2.26. The third-order valence-electron chi connectivity index (χ3n) is 7.37. The number of carboxylic acid groups (broad SMARTS) is 1. The Labute approximate surface area is 287 Å². The number of carboxylic acids is 1. The molecule has 0 fully saturated rings. The molecule has 2 rings (SSSR count). The number of carbonyl (C=O) groups excluding carboxylic acids is 5. The molecule has 3 N–H and O–H groups in total. The SMILES string of the molecule is C=S(C)(=O)/C=C/[C@H](CC(=O)OCC)NC(=O)[C@@H](CC(=O)[C@@H](NC(=O)[C@H](CC(=O)O)CC(=O)OCc1ccccc1)c1ccccc1)C(C)C. The van der Waals surface area contributed by atoms with Gasteiger partial charge in [0.05, 0.1) is 37.8 Å². The largest absolute Gasteiger partial charge is 0.481 e. The van der Waals surface area contributed by atoms with E-state index in [0.717, 1.165) is 0 Å². The van der Waals surface area contributed by atoms with Crippen LogP contribution in [0, 0.1) is 17.8 Å². The Morgan fingerprint density at radius 3 is 1.98 bits per heavy atom. The molecule has 1 unspecified atom stereocenters. The van der Waals surface area contributed by atoms with Gasteiger partial charge in [-0.2, -0.15) is 0 Å². The first kappa shape index (κ1) is 40.4. The van der Waals surface area contributed by atoms with Crippen LogP contribution in [0.15, 0.2) is 72.1 Å². The summed E-state index contributed by atoms with van der Waals surface area (Å²) in [6, 6.07) is 14.9. The van der Waals surface area contributed by atoms with Gasteiger partial charge in [-0.3, -0.25) is 33.0 Å². The Morgan fingerprint density at radius 1 is 0.837 bits per heavy atom. The minimum absolute atomic E-state index is 0.0615. The van der Waals surface area contributed by atoms with Crippen molar-refractivity contribution in [3.8, 4) is 0 Å². The topological polar surface area (TPSA) is 182 Å². The molecule has 0 heterocycles. The van der Waals surface area contributed by atoms with E-state index in [1.54, 1.807) is 81.4 Å². The monoisotopic (exact) mass is 698 g/mol. The van der Waals surface area contributed by atoms with Crippen molar-refractivity contribution in [2.45, 2.75) is 65.1 Å². The Bertz CT molecular complexity index is 1570. The Hall–Kier alpha value is -4.78. The first-order valence-electron chi connectivity index (χ1n) is 15.8. The fourth-order valence-electron chi connectivity index (χ4n) is 4.81. The summed E-state index contributed by atoms with van der Waals surface area (Å²) in [5, 5.41) is 16.2. The van der Waals surface area contributed by atoms with Crippen LogP contribution in [0.4, 0.5) is 0 Å². The first-order valence-corrected chi connectivity index (χ1v) is 18.0. The second-order valence-corrected chi connectivity index (χ2v) is 14.5. The van der Waals surface area contributed by atoms with E-state index in [4.69, 9.17) is 9.47 Å². The maximum Gasteiger partial charge on any atom is 0.308 e. The van der Waals surface area contributed by atoms with Crippen LogP contribution in [0.25, 0.3) is 0 Å². The molecule has 12 nitrogen and oxygen atoms in total. The van der Waals surface area contributed by atoms with Crippen molar-refractivity contribution in [1.29, 1.82) is 0 Å². The smallest absolute Gasteiger partial charge is 0.308 e. The first-order chi connectivity index (χ1) is 23.1. The van der Waals surface area contributed by atoms with Crippen LogP contribution in [0.2, 0.25) is 0 Å². The summed E-state index contributed by atoms with van der Waals surface area (Å²) in [4.78, 5) is 77.4. The van der Waals surface area contributed by atoms with Gasteiger partial charge in [-0.1, -0.05) is 80.6 Å². The Morgan fingerprint density at radius 2 is 1.43 bits per heavy atom. The number of rotatable bonds is 20. The molecular weight excluding hydrogens is 652 g/mol. The van der Waals surface area contributed by atoms with Crippen LogP contribution in [-0.4, -0.2) is 69.6 Å². The van der Waals surface area contributed by atoms with Crippen LogP contribution in [0.5, 0.6) is 0 Å². The van der Waals surface area contributed by atoms with E-state index in [1.807, 2.05) is 0 Å². The summed E-state index contributed by atoms with van der Waals surface area (Å²) in [5.41, 5.74) is 1.10. The average Bonchev–Trinajstić information content (AvgIpc) is 3.03. The molecule has 5 atom stereocenters. The molecule has 0 aromatic heterocycles. The number of Topliss-reactive ketones (excluding diaryl/α,β-unsaturated/α-hetero) is 1. The number of esters is 2. The summed E-state index contributed by atoms with van der Waals surface area (Å²) < 4.78 is 22.4.